The molecule has 7 rings (SSSR count). The predicted molar refractivity (Wildman–Crippen MR) is 159 cm³/mol. The number of carbonyl (C=O) groups is 5. The molecule has 1 heterocycles. The van der Waals surface area contributed by atoms with Gasteiger partial charge in [-0.2, -0.15) is 0 Å². The number of rotatable bonds is 7. The topological polar surface area (TPSA) is 138 Å². The predicted octanol–water partition coefficient (Wildman–Crippen LogP) is 4.33. The van der Waals surface area contributed by atoms with Gasteiger partial charge in [0, 0.05) is 18.9 Å². The number of carboxylic acids is 1. The zero-order chi connectivity index (χ0) is 30.5. The Labute approximate surface area is 251 Å². The number of benzene rings is 2. The first-order valence-corrected chi connectivity index (χ1v) is 15.3. The van der Waals surface area contributed by atoms with E-state index >= 15 is 4.79 Å². The van der Waals surface area contributed by atoms with Gasteiger partial charge in [0.1, 0.15) is 0 Å². The van der Waals surface area contributed by atoms with Crippen LogP contribution >= 0.6 is 0 Å². The normalized spacial score (nSPS) is 31.7. The summed E-state index contributed by atoms with van der Waals surface area (Å²) in [6, 6.07) is 14.7. The number of Topliss-reactive ketones (excluding diaryl/α,β-unsaturated/α-hetero) is 1. The maximum absolute atomic E-state index is 15.3. The summed E-state index contributed by atoms with van der Waals surface area (Å²) in [7, 11) is 0. The standard InChI is InChI=1S/C34H39N3O6/c1-21(38)37-26(15-30(40)41)14-29(39)27-9-5-6-10-28(27)36(19-22-7-3-2-4-8-22)32(43)34(37,31(35)42)20-33-16-23-11-24(17-33)13-25(12-23)18-33/h2-10,23-26H,11-20H2,1H3,(H2,35,42)(H,40,41)/t23?,24?,25?,26-,33?,34+/m0/s1. The van der Waals surface area contributed by atoms with Crippen molar-refractivity contribution in [2.75, 3.05) is 4.90 Å². The van der Waals surface area contributed by atoms with Gasteiger partial charge >= 0.3 is 5.97 Å². The van der Waals surface area contributed by atoms with Crippen LogP contribution in [0.15, 0.2) is 54.6 Å². The third kappa shape index (κ3) is 5.12. The maximum atomic E-state index is 15.3. The average molecular weight is 586 g/mol. The Morgan fingerprint density at radius 2 is 1.49 bits per heavy atom. The fourth-order valence-electron chi connectivity index (χ4n) is 9.44. The van der Waals surface area contributed by atoms with Gasteiger partial charge < -0.3 is 20.6 Å². The van der Waals surface area contributed by atoms with Crippen LogP contribution < -0.4 is 10.6 Å². The SMILES string of the molecule is CC(=O)N1[C@H](CC(=O)O)CC(=O)c2ccccc2N(Cc2ccccc2)C(=O)[C@@]1(CC12CC3CC(CC(C3)C1)C2)C(N)=O. The van der Waals surface area contributed by atoms with Gasteiger partial charge in [-0.25, -0.2) is 0 Å². The number of carbonyl (C=O) groups excluding carboxylic acids is 4. The molecule has 4 bridgehead atoms. The molecule has 0 spiro atoms. The Balaban J connectivity index is 1.58. The molecule has 43 heavy (non-hydrogen) atoms. The molecular weight excluding hydrogens is 546 g/mol. The first-order chi connectivity index (χ1) is 20.5. The van der Waals surface area contributed by atoms with Crippen LogP contribution in [0.4, 0.5) is 5.69 Å². The quantitative estimate of drug-likeness (QED) is 0.464. The van der Waals surface area contributed by atoms with E-state index in [1.165, 1.54) is 11.8 Å². The summed E-state index contributed by atoms with van der Waals surface area (Å²) in [5.74, 6) is -2.49. The Kier molecular flexibility index (Phi) is 7.39. The molecule has 9 nitrogen and oxygen atoms in total. The van der Waals surface area contributed by atoms with Gasteiger partial charge in [0.2, 0.25) is 11.4 Å². The fourth-order valence-corrected chi connectivity index (χ4v) is 9.44. The van der Waals surface area contributed by atoms with Gasteiger partial charge in [-0.3, -0.25) is 24.0 Å². The lowest BCUT2D eigenvalue weighted by atomic mass is 9.47. The second-order valence-corrected chi connectivity index (χ2v) is 13.5. The Bertz CT molecular complexity index is 1440. The first-order valence-electron chi connectivity index (χ1n) is 15.3. The number of amides is 3. The van der Waals surface area contributed by atoms with E-state index in [1.54, 1.807) is 24.3 Å². The summed E-state index contributed by atoms with van der Waals surface area (Å²) in [6.07, 6.45) is 4.99. The molecule has 1 aliphatic heterocycles. The summed E-state index contributed by atoms with van der Waals surface area (Å²) >= 11 is 0. The number of ketones is 1. The minimum Gasteiger partial charge on any atom is -0.481 e. The van der Waals surface area contributed by atoms with Crippen molar-refractivity contribution in [3.05, 3.63) is 65.7 Å². The van der Waals surface area contributed by atoms with Crippen molar-refractivity contribution < 1.29 is 29.1 Å². The molecule has 226 valence electrons. The van der Waals surface area contributed by atoms with Crippen LogP contribution in [0, 0.1) is 23.2 Å². The van der Waals surface area contributed by atoms with Gasteiger partial charge in [0.15, 0.2) is 5.78 Å². The first kappa shape index (κ1) is 29.1. The van der Waals surface area contributed by atoms with Crippen molar-refractivity contribution >= 4 is 35.2 Å². The third-order valence-electron chi connectivity index (χ3n) is 10.4. The largest absolute Gasteiger partial charge is 0.481 e. The van der Waals surface area contributed by atoms with E-state index in [0.717, 1.165) is 49.0 Å². The van der Waals surface area contributed by atoms with Gasteiger partial charge in [-0.15, -0.1) is 0 Å². The van der Waals surface area contributed by atoms with Crippen LogP contribution in [0.5, 0.6) is 0 Å². The van der Waals surface area contributed by atoms with Crippen molar-refractivity contribution in [1.29, 1.82) is 0 Å². The number of primary amides is 1. The molecule has 2 aromatic carbocycles. The zero-order valence-electron chi connectivity index (χ0n) is 24.5. The van der Waals surface area contributed by atoms with Crippen LogP contribution in [-0.4, -0.2) is 51.1 Å². The van der Waals surface area contributed by atoms with E-state index in [1.807, 2.05) is 30.3 Å². The number of hydrogen-bond donors (Lipinski definition) is 2. The van der Waals surface area contributed by atoms with E-state index in [9.17, 15) is 24.3 Å². The van der Waals surface area contributed by atoms with Crippen LogP contribution in [0.3, 0.4) is 0 Å². The highest BCUT2D eigenvalue weighted by molar-refractivity contribution is 6.19. The van der Waals surface area contributed by atoms with Crippen LogP contribution in [0.1, 0.15) is 80.6 Å². The lowest BCUT2D eigenvalue weighted by molar-refractivity contribution is -0.165. The molecule has 0 unspecified atom stereocenters. The molecule has 4 fully saturated rings. The summed E-state index contributed by atoms with van der Waals surface area (Å²) in [4.78, 5) is 71.7. The Hall–Kier alpha value is -4.01. The Morgan fingerprint density at radius 1 is 0.907 bits per heavy atom. The molecule has 2 aromatic rings. The van der Waals surface area contributed by atoms with E-state index in [4.69, 9.17) is 5.73 Å². The molecule has 3 amide bonds. The van der Waals surface area contributed by atoms with Crippen molar-refractivity contribution in [3.8, 4) is 0 Å². The Morgan fingerprint density at radius 3 is 2.05 bits per heavy atom. The van der Waals surface area contributed by atoms with Crippen LogP contribution in [0.2, 0.25) is 0 Å². The number of hydrogen-bond acceptors (Lipinski definition) is 5. The van der Waals surface area contributed by atoms with E-state index in [2.05, 4.69) is 0 Å². The average Bonchev–Trinajstić information content (AvgIpc) is 2.96. The monoisotopic (exact) mass is 585 g/mol. The number of carboxylic acid groups (broad SMARTS) is 1. The molecule has 0 aromatic heterocycles. The molecule has 4 saturated carbocycles. The summed E-state index contributed by atoms with van der Waals surface area (Å²) in [6.45, 7) is 1.27. The molecule has 5 aliphatic rings. The highest BCUT2D eigenvalue weighted by Gasteiger charge is 2.62. The minimum absolute atomic E-state index is 0.0228. The minimum atomic E-state index is -2.18. The number of nitrogens with two attached hydrogens (primary N) is 1. The molecule has 3 N–H and O–H groups in total. The van der Waals surface area contributed by atoms with E-state index in [0.29, 0.717) is 23.4 Å². The van der Waals surface area contributed by atoms with Crippen molar-refractivity contribution in [2.45, 2.75) is 82.8 Å². The number of fused-ring (bicyclic) bond motifs is 1. The van der Waals surface area contributed by atoms with Gasteiger partial charge in [-0.1, -0.05) is 42.5 Å². The van der Waals surface area contributed by atoms with E-state index in [-0.39, 0.29) is 24.9 Å². The molecule has 0 radical (unpaired) electrons. The van der Waals surface area contributed by atoms with Crippen molar-refractivity contribution in [1.82, 2.24) is 4.90 Å². The number of aliphatic carboxylic acids is 1. The maximum Gasteiger partial charge on any atom is 0.305 e. The van der Waals surface area contributed by atoms with Gasteiger partial charge in [-0.05, 0) is 85.8 Å². The molecular formula is C34H39N3O6. The number of nitrogens with zero attached hydrogens (tertiary/aromatic N) is 2. The van der Waals surface area contributed by atoms with Crippen molar-refractivity contribution in [3.63, 3.8) is 0 Å². The highest BCUT2D eigenvalue weighted by atomic mass is 16.4. The van der Waals surface area contributed by atoms with Crippen molar-refractivity contribution in [2.24, 2.45) is 28.9 Å². The van der Waals surface area contributed by atoms with Crippen LogP contribution in [0.25, 0.3) is 0 Å². The highest BCUT2D eigenvalue weighted by Crippen LogP contribution is 2.63. The smallest absolute Gasteiger partial charge is 0.305 e. The fraction of sp³-hybridized carbons (Fsp3) is 0.500. The molecule has 0 saturated heterocycles. The lowest BCUT2D eigenvalue weighted by Crippen LogP contribution is -2.71. The second-order valence-electron chi connectivity index (χ2n) is 13.5. The van der Waals surface area contributed by atoms with E-state index < -0.39 is 52.9 Å². The summed E-state index contributed by atoms with van der Waals surface area (Å²) in [5.41, 5.74) is 5.06. The van der Waals surface area contributed by atoms with Gasteiger partial charge in [0.05, 0.1) is 24.7 Å². The zero-order valence-corrected chi connectivity index (χ0v) is 24.5. The van der Waals surface area contributed by atoms with Crippen LogP contribution in [-0.2, 0) is 25.7 Å². The second kappa shape index (κ2) is 10.9. The summed E-state index contributed by atoms with van der Waals surface area (Å²) in [5, 5.41) is 9.94. The molecule has 2 atom stereocenters. The number of para-hydroxylation sites is 1. The third-order valence-corrected chi connectivity index (χ3v) is 10.4. The van der Waals surface area contributed by atoms with Gasteiger partial charge in [0.25, 0.3) is 11.8 Å². The molecule has 9 heteroatoms. The molecule has 4 aliphatic carbocycles. The lowest BCUT2D eigenvalue weighted by Gasteiger charge is -2.59. The summed E-state index contributed by atoms with van der Waals surface area (Å²) < 4.78 is 0. The number of anilines is 1.